The number of rotatable bonds is 4. The number of carbonyl (C=O) groups is 1. The summed E-state index contributed by atoms with van der Waals surface area (Å²) in [6, 6.07) is 14.7. The van der Waals surface area contributed by atoms with Gasteiger partial charge in [0, 0.05) is 6.54 Å². The molecule has 2 aromatic rings. The molecule has 0 unspecified atom stereocenters. The minimum atomic E-state index is -0.457. The van der Waals surface area contributed by atoms with Crippen LogP contribution in [0.15, 0.2) is 48.5 Å². The van der Waals surface area contributed by atoms with Crippen LogP contribution in [-0.4, -0.2) is 19.4 Å². The normalized spacial score (nSPS) is 12.0. The van der Waals surface area contributed by atoms with E-state index < -0.39 is 6.09 Å². The molecule has 21 heavy (non-hydrogen) atoms. The Bertz CT molecular complexity index is 627. The van der Waals surface area contributed by atoms with Gasteiger partial charge in [-0.25, -0.2) is 4.79 Å². The van der Waals surface area contributed by atoms with E-state index in [0.29, 0.717) is 18.7 Å². The molecule has 5 nitrogen and oxygen atoms in total. The zero-order valence-corrected chi connectivity index (χ0v) is 11.4. The summed E-state index contributed by atoms with van der Waals surface area (Å²) < 4.78 is 15.7. The third-order valence-electron chi connectivity index (χ3n) is 3.07. The van der Waals surface area contributed by atoms with Crippen molar-refractivity contribution >= 4 is 6.09 Å². The second-order valence-electron chi connectivity index (χ2n) is 4.57. The SMILES string of the molecule is O=C(NCCc1ccc2c(c1)OCO2)Oc1ccccc1. The summed E-state index contributed by atoms with van der Waals surface area (Å²) >= 11 is 0. The van der Waals surface area contributed by atoms with Crippen LogP contribution in [0.3, 0.4) is 0 Å². The molecule has 1 aliphatic rings. The average molecular weight is 285 g/mol. The Labute approximate surface area is 122 Å². The zero-order valence-electron chi connectivity index (χ0n) is 11.4. The van der Waals surface area contributed by atoms with Gasteiger partial charge in [-0.05, 0) is 36.2 Å². The molecular weight excluding hydrogens is 270 g/mol. The second kappa shape index (κ2) is 6.17. The van der Waals surface area contributed by atoms with Crippen molar-refractivity contribution in [1.29, 1.82) is 0 Å². The lowest BCUT2D eigenvalue weighted by Gasteiger charge is -2.07. The van der Waals surface area contributed by atoms with Crippen molar-refractivity contribution in [2.24, 2.45) is 0 Å². The third kappa shape index (κ3) is 3.45. The highest BCUT2D eigenvalue weighted by atomic mass is 16.7. The van der Waals surface area contributed by atoms with Gasteiger partial charge in [-0.15, -0.1) is 0 Å². The number of hydrogen-bond donors (Lipinski definition) is 1. The first-order valence-electron chi connectivity index (χ1n) is 6.70. The van der Waals surface area contributed by atoms with Gasteiger partial charge in [-0.1, -0.05) is 24.3 Å². The summed E-state index contributed by atoms with van der Waals surface area (Å²) in [5, 5.41) is 2.71. The first-order chi connectivity index (χ1) is 10.3. The predicted molar refractivity (Wildman–Crippen MR) is 76.7 cm³/mol. The van der Waals surface area contributed by atoms with Gasteiger partial charge in [0.05, 0.1) is 0 Å². The molecule has 0 spiro atoms. The van der Waals surface area contributed by atoms with E-state index in [2.05, 4.69) is 5.32 Å². The fraction of sp³-hybridized carbons (Fsp3) is 0.188. The van der Waals surface area contributed by atoms with Gasteiger partial charge in [0.1, 0.15) is 5.75 Å². The molecule has 1 aliphatic heterocycles. The lowest BCUT2D eigenvalue weighted by atomic mass is 10.1. The highest BCUT2D eigenvalue weighted by molar-refractivity contribution is 5.70. The maximum absolute atomic E-state index is 11.6. The van der Waals surface area contributed by atoms with E-state index in [-0.39, 0.29) is 6.79 Å². The number of amides is 1. The van der Waals surface area contributed by atoms with Gasteiger partial charge in [0.25, 0.3) is 0 Å². The standard InChI is InChI=1S/C16H15NO4/c18-16(21-13-4-2-1-3-5-13)17-9-8-12-6-7-14-15(10-12)20-11-19-14/h1-7,10H,8-9,11H2,(H,17,18). The molecular formula is C16H15NO4. The highest BCUT2D eigenvalue weighted by Crippen LogP contribution is 2.32. The maximum Gasteiger partial charge on any atom is 0.412 e. The Morgan fingerprint density at radius 3 is 2.76 bits per heavy atom. The van der Waals surface area contributed by atoms with Crippen LogP contribution in [0.2, 0.25) is 0 Å². The molecule has 0 bridgehead atoms. The first-order valence-corrected chi connectivity index (χ1v) is 6.70. The molecule has 5 heteroatoms. The summed E-state index contributed by atoms with van der Waals surface area (Å²) in [7, 11) is 0. The van der Waals surface area contributed by atoms with Crippen LogP contribution in [0.25, 0.3) is 0 Å². The van der Waals surface area contributed by atoms with Crippen LogP contribution >= 0.6 is 0 Å². The fourth-order valence-corrected chi connectivity index (χ4v) is 2.04. The van der Waals surface area contributed by atoms with E-state index in [9.17, 15) is 4.79 Å². The number of nitrogens with one attached hydrogen (secondary N) is 1. The summed E-state index contributed by atoms with van der Waals surface area (Å²) in [4.78, 5) is 11.6. The van der Waals surface area contributed by atoms with Crippen molar-refractivity contribution in [2.75, 3.05) is 13.3 Å². The molecule has 0 radical (unpaired) electrons. The van der Waals surface area contributed by atoms with Gasteiger partial charge in [0.15, 0.2) is 11.5 Å². The van der Waals surface area contributed by atoms with Crippen molar-refractivity contribution in [3.8, 4) is 17.2 Å². The molecule has 0 fully saturated rings. The van der Waals surface area contributed by atoms with Gasteiger partial charge < -0.3 is 19.5 Å². The number of para-hydroxylation sites is 1. The Morgan fingerprint density at radius 1 is 1.10 bits per heavy atom. The average Bonchev–Trinajstić information content (AvgIpc) is 2.96. The van der Waals surface area contributed by atoms with E-state index in [4.69, 9.17) is 14.2 Å². The molecule has 0 aromatic heterocycles. The number of benzene rings is 2. The van der Waals surface area contributed by atoms with Gasteiger partial charge >= 0.3 is 6.09 Å². The van der Waals surface area contributed by atoms with Crippen molar-refractivity contribution < 1.29 is 19.0 Å². The monoisotopic (exact) mass is 285 g/mol. The smallest absolute Gasteiger partial charge is 0.412 e. The summed E-state index contributed by atoms with van der Waals surface area (Å²) in [6.07, 6.45) is 0.238. The van der Waals surface area contributed by atoms with Crippen LogP contribution in [0.1, 0.15) is 5.56 Å². The fourth-order valence-electron chi connectivity index (χ4n) is 2.04. The number of ether oxygens (including phenoxy) is 3. The lowest BCUT2D eigenvalue weighted by molar-refractivity contribution is 0.174. The summed E-state index contributed by atoms with van der Waals surface area (Å²) in [5.41, 5.74) is 1.07. The predicted octanol–water partition coefficient (Wildman–Crippen LogP) is 2.75. The zero-order chi connectivity index (χ0) is 14.5. The Balaban J connectivity index is 1.46. The molecule has 0 atom stereocenters. The molecule has 1 N–H and O–H groups in total. The third-order valence-corrected chi connectivity index (χ3v) is 3.07. The highest BCUT2D eigenvalue weighted by Gasteiger charge is 2.13. The van der Waals surface area contributed by atoms with Crippen LogP contribution in [0.4, 0.5) is 4.79 Å². The molecule has 3 rings (SSSR count). The van der Waals surface area contributed by atoms with E-state index in [1.54, 1.807) is 12.1 Å². The minimum Gasteiger partial charge on any atom is -0.454 e. The van der Waals surface area contributed by atoms with E-state index in [1.807, 2.05) is 36.4 Å². The molecule has 1 heterocycles. The quantitative estimate of drug-likeness (QED) is 0.938. The Hall–Kier alpha value is -2.69. The van der Waals surface area contributed by atoms with Crippen molar-refractivity contribution in [3.63, 3.8) is 0 Å². The van der Waals surface area contributed by atoms with Gasteiger partial charge in [-0.2, -0.15) is 0 Å². The maximum atomic E-state index is 11.6. The van der Waals surface area contributed by atoms with Gasteiger partial charge in [0.2, 0.25) is 6.79 Å². The van der Waals surface area contributed by atoms with Crippen LogP contribution in [-0.2, 0) is 6.42 Å². The van der Waals surface area contributed by atoms with E-state index in [0.717, 1.165) is 17.1 Å². The van der Waals surface area contributed by atoms with E-state index >= 15 is 0 Å². The van der Waals surface area contributed by atoms with Crippen LogP contribution in [0, 0.1) is 0 Å². The van der Waals surface area contributed by atoms with Crippen molar-refractivity contribution in [1.82, 2.24) is 5.32 Å². The van der Waals surface area contributed by atoms with Gasteiger partial charge in [-0.3, -0.25) is 0 Å². The molecule has 0 saturated carbocycles. The van der Waals surface area contributed by atoms with Crippen LogP contribution < -0.4 is 19.5 Å². The molecule has 2 aromatic carbocycles. The minimum absolute atomic E-state index is 0.264. The van der Waals surface area contributed by atoms with Crippen molar-refractivity contribution in [2.45, 2.75) is 6.42 Å². The largest absolute Gasteiger partial charge is 0.454 e. The Kier molecular flexibility index (Phi) is 3.91. The number of carbonyl (C=O) groups excluding carboxylic acids is 1. The van der Waals surface area contributed by atoms with Crippen LogP contribution in [0.5, 0.6) is 17.2 Å². The molecule has 1 amide bonds. The summed E-state index contributed by atoms with van der Waals surface area (Å²) in [6.45, 7) is 0.756. The van der Waals surface area contributed by atoms with E-state index in [1.165, 1.54) is 0 Å². The second-order valence-corrected chi connectivity index (χ2v) is 4.57. The molecule has 0 aliphatic carbocycles. The molecule has 0 saturated heterocycles. The van der Waals surface area contributed by atoms with Crippen molar-refractivity contribution in [3.05, 3.63) is 54.1 Å². The Morgan fingerprint density at radius 2 is 1.90 bits per heavy atom. The number of fused-ring (bicyclic) bond motifs is 1. The molecule has 108 valence electrons. The summed E-state index contributed by atoms with van der Waals surface area (Å²) in [5.74, 6) is 2.03. The topological polar surface area (TPSA) is 56.8 Å². The number of hydrogen-bond acceptors (Lipinski definition) is 4. The lowest BCUT2D eigenvalue weighted by Crippen LogP contribution is -2.28. The first kappa shape index (κ1) is 13.3.